The summed E-state index contributed by atoms with van der Waals surface area (Å²) in [6, 6.07) is 18.3. The number of hydrogen-bond acceptors (Lipinski definition) is 5. The summed E-state index contributed by atoms with van der Waals surface area (Å²) in [6.45, 7) is 2.96. The van der Waals surface area contributed by atoms with E-state index in [2.05, 4.69) is 10.2 Å². The number of halogens is 2. The van der Waals surface area contributed by atoms with Crippen LogP contribution in [0.5, 0.6) is 11.5 Å². The molecule has 0 atom stereocenters. The van der Waals surface area contributed by atoms with Gasteiger partial charge < -0.3 is 24.6 Å². The van der Waals surface area contributed by atoms with Gasteiger partial charge in [-0.3, -0.25) is 9.59 Å². The van der Waals surface area contributed by atoms with Gasteiger partial charge in [0, 0.05) is 60.1 Å². The third-order valence-electron chi connectivity index (χ3n) is 6.38. The lowest BCUT2D eigenvalue weighted by atomic mass is 10.1. The second-order valence-corrected chi connectivity index (χ2v) is 9.51. The van der Waals surface area contributed by atoms with Gasteiger partial charge in [0.1, 0.15) is 11.5 Å². The third-order valence-corrected chi connectivity index (χ3v) is 7.09. The number of methoxy groups -OCH3 is 2. The Morgan fingerprint density at radius 3 is 2.03 bits per heavy atom. The molecule has 1 heterocycles. The van der Waals surface area contributed by atoms with E-state index in [0.717, 1.165) is 11.3 Å². The summed E-state index contributed by atoms with van der Waals surface area (Å²) >= 11 is 12.4. The maximum Gasteiger partial charge on any atom is 0.251 e. The SMILES string of the molecule is COc1cc(CNC(=O)c2ccc(N3CCN(C(=O)Cc4c(Cl)cccc4Cl)CC3)cc2)cc(OC)c1. The number of piperazine rings is 1. The maximum absolute atomic E-state index is 12.8. The number of anilines is 1. The van der Waals surface area contributed by atoms with Crippen LogP contribution in [-0.2, 0) is 17.8 Å². The zero-order valence-corrected chi connectivity index (χ0v) is 22.3. The Hall–Kier alpha value is -3.42. The lowest BCUT2D eigenvalue weighted by Gasteiger charge is -2.36. The van der Waals surface area contributed by atoms with Crippen molar-refractivity contribution >= 4 is 40.7 Å². The third kappa shape index (κ3) is 6.67. The number of benzene rings is 3. The van der Waals surface area contributed by atoms with Crippen LogP contribution < -0.4 is 19.7 Å². The van der Waals surface area contributed by atoms with Crippen molar-refractivity contribution in [1.29, 1.82) is 0 Å². The lowest BCUT2D eigenvalue weighted by molar-refractivity contribution is -0.130. The van der Waals surface area contributed by atoms with Crippen LogP contribution in [0.25, 0.3) is 0 Å². The first-order valence-electron chi connectivity index (χ1n) is 11.9. The number of nitrogens with one attached hydrogen (secondary N) is 1. The Balaban J connectivity index is 1.29. The molecule has 3 aromatic rings. The molecule has 3 aromatic carbocycles. The van der Waals surface area contributed by atoms with Gasteiger partial charge in [-0.1, -0.05) is 29.3 Å². The molecular weight excluding hydrogens is 513 g/mol. The van der Waals surface area contributed by atoms with Crippen molar-refractivity contribution in [3.63, 3.8) is 0 Å². The molecule has 0 spiro atoms. The predicted molar refractivity (Wildman–Crippen MR) is 146 cm³/mol. The Kier molecular flexibility index (Phi) is 8.79. The van der Waals surface area contributed by atoms with E-state index >= 15 is 0 Å². The first-order valence-corrected chi connectivity index (χ1v) is 12.7. The first kappa shape index (κ1) is 26.6. The number of carbonyl (C=O) groups is 2. The highest BCUT2D eigenvalue weighted by molar-refractivity contribution is 6.36. The van der Waals surface area contributed by atoms with E-state index in [0.29, 0.717) is 65.4 Å². The molecule has 0 unspecified atom stereocenters. The van der Waals surface area contributed by atoms with Gasteiger partial charge in [-0.15, -0.1) is 0 Å². The van der Waals surface area contributed by atoms with Gasteiger partial charge in [0.2, 0.25) is 5.91 Å². The van der Waals surface area contributed by atoms with Crippen molar-refractivity contribution in [3.05, 3.63) is 87.4 Å². The fourth-order valence-corrected chi connectivity index (χ4v) is 4.79. The number of rotatable bonds is 8. The van der Waals surface area contributed by atoms with Crippen LogP contribution in [0.3, 0.4) is 0 Å². The van der Waals surface area contributed by atoms with Gasteiger partial charge in [0.15, 0.2) is 0 Å². The Morgan fingerprint density at radius 1 is 0.865 bits per heavy atom. The average Bonchev–Trinajstić information content (AvgIpc) is 2.93. The summed E-state index contributed by atoms with van der Waals surface area (Å²) in [5.74, 6) is 1.18. The predicted octanol–water partition coefficient (Wildman–Crippen LogP) is 4.83. The topological polar surface area (TPSA) is 71.1 Å². The van der Waals surface area contributed by atoms with Crippen molar-refractivity contribution in [2.45, 2.75) is 13.0 Å². The molecule has 1 aliphatic heterocycles. The fourth-order valence-electron chi connectivity index (χ4n) is 4.25. The molecule has 2 amide bonds. The number of carbonyl (C=O) groups excluding carboxylic acids is 2. The molecular formula is C28H29Cl2N3O4. The normalized spacial score (nSPS) is 13.3. The van der Waals surface area contributed by atoms with Gasteiger partial charge in [0.25, 0.3) is 5.91 Å². The molecule has 0 radical (unpaired) electrons. The molecule has 0 bridgehead atoms. The molecule has 1 fully saturated rings. The smallest absolute Gasteiger partial charge is 0.251 e. The molecule has 1 aliphatic rings. The van der Waals surface area contributed by atoms with E-state index in [1.54, 1.807) is 38.5 Å². The standard InChI is InChI=1S/C28H29Cl2N3O4/c1-36-22-14-19(15-23(16-22)37-2)18-31-28(35)20-6-8-21(9-7-20)32-10-12-33(13-11-32)27(34)17-24-25(29)4-3-5-26(24)30/h3-9,14-16H,10-13,17-18H2,1-2H3,(H,31,35). The minimum atomic E-state index is -0.165. The summed E-state index contributed by atoms with van der Waals surface area (Å²) in [5, 5.41) is 3.95. The number of amides is 2. The Labute approximate surface area is 226 Å². The zero-order valence-electron chi connectivity index (χ0n) is 20.8. The second kappa shape index (κ2) is 12.2. The molecule has 7 nitrogen and oxygen atoms in total. The molecule has 194 valence electrons. The molecule has 37 heavy (non-hydrogen) atoms. The summed E-state index contributed by atoms with van der Waals surface area (Å²) in [5.41, 5.74) is 3.13. The molecule has 1 N–H and O–H groups in total. The monoisotopic (exact) mass is 541 g/mol. The van der Waals surface area contributed by atoms with Crippen LogP contribution >= 0.6 is 23.2 Å². The quantitative estimate of drug-likeness (QED) is 0.442. The summed E-state index contributed by atoms with van der Waals surface area (Å²) < 4.78 is 10.6. The molecule has 0 aromatic heterocycles. The molecule has 9 heteroatoms. The lowest BCUT2D eigenvalue weighted by Crippen LogP contribution is -2.49. The molecule has 0 aliphatic carbocycles. The Morgan fingerprint density at radius 2 is 1.46 bits per heavy atom. The number of ether oxygens (including phenoxy) is 2. The van der Waals surface area contributed by atoms with Crippen LogP contribution in [0, 0.1) is 0 Å². The van der Waals surface area contributed by atoms with Crippen LogP contribution in [0.2, 0.25) is 10.0 Å². The Bertz CT molecular complexity index is 1220. The van der Waals surface area contributed by atoms with E-state index < -0.39 is 0 Å². The highest BCUT2D eigenvalue weighted by Gasteiger charge is 2.23. The largest absolute Gasteiger partial charge is 0.497 e. The second-order valence-electron chi connectivity index (χ2n) is 8.70. The maximum atomic E-state index is 12.8. The first-order chi connectivity index (χ1) is 17.9. The number of nitrogens with zero attached hydrogens (tertiary/aromatic N) is 2. The summed E-state index contributed by atoms with van der Waals surface area (Å²) in [7, 11) is 3.18. The van der Waals surface area contributed by atoms with Gasteiger partial charge in [-0.25, -0.2) is 0 Å². The van der Waals surface area contributed by atoms with Crippen LogP contribution in [0.1, 0.15) is 21.5 Å². The van der Waals surface area contributed by atoms with E-state index in [4.69, 9.17) is 32.7 Å². The minimum Gasteiger partial charge on any atom is -0.497 e. The molecule has 1 saturated heterocycles. The molecule has 0 saturated carbocycles. The van der Waals surface area contributed by atoms with E-state index in [9.17, 15) is 9.59 Å². The summed E-state index contributed by atoms with van der Waals surface area (Å²) in [6.07, 6.45) is 0.185. The highest BCUT2D eigenvalue weighted by atomic mass is 35.5. The fraction of sp³-hybridized carbons (Fsp3) is 0.286. The van der Waals surface area contributed by atoms with Gasteiger partial charge in [0.05, 0.1) is 20.6 Å². The van der Waals surface area contributed by atoms with Gasteiger partial charge in [-0.05, 0) is 59.7 Å². The van der Waals surface area contributed by atoms with Crippen molar-refractivity contribution in [3.8, 4) is 11.5 Å². The summed E-state index contributed by atoms with van der Waals surface area (Å²) in [4.78, 5) is 29.5. The van der Waals surface area contributed by atoms with Crippen molar-refractivity contribution < 1.29 is 19.1 Å². The van der Waals surface area contributed by atoms with E-state index in [1.807, 2.05) is 41.3 Å². The van der Waals surface area contributed by atoms with E-state index in [-0.39, 0.29) is 18.2 Å². The number of hydrogen-bond donors (Lipinski definition) is 1. The minimum absolute atomic E-state index is 0.00956. The molecule has 4 rings (SSSR count). The van der Waals surface area contributed by atoms with Crippen molar-refractivity contribution in [2.24, 2.45) is 0 Å². The van der Waals surface area contributed by atoms with Crippen molar-refractivity contribution in [2.75, 3.05) is 45.3 Å². The van der Waals surface area contributed by atoms with Gasteiger partial charge >= 0.3 is 0 Å². The van der Waals surface area contributed by atoms with Crippen LogP contribution in [0.4, 0.5) is 5.69 Å². The van der Waals surface area contributed by atoms with E-state index in [1.165, 1.54) is 0 Å². The van der Waals surface area contributed by atoms with Gasteiger partial charge in [-0.2, -0.15) is 0 Å². The van der Waals surface area contributed by atoms with Crippen LogP contribution in [0.15, 0.2) is 60.7 Å². The zero-order chi connectivity index (χ0) is 26.4. The van der Waals surface area contributed by atoms with Crippen molar-refractivity contribution in [1.82, 2.24) is 10.2 Å². The average molecular weight is 542 g/mol. The highest BCUT2D eigenvalue weighted by Crippen LogP contribution is 2.26. The van der Waals surface area contributed by atoms with Crippen LogP contribution in [-0.4, -0.2) is 57.1 Å².